The molecule has 0 spiro atoms. The van der Waals surface area contributed by atoms with Gasteiger partial charge < -0.3 is 10.5 Å². The minimum Gasteiger partial charge on any atom is -0.496 e. The topological polar surface area (TPSA) is 90.1 Å². The molecule has 0 saturated heterocycles. The summed E-state index contributed by atoms with van der Waals surface area (Å²) in [6.07, 6.45) is 0. The summed E-state index contributed by atoms with van der Waals surface area (Å²) in [5.41, 5.74) is 7.42. The van der Waals surface area contributed by atoms with Crippen LogP contribution < -0.4 is 21.6 Å². The molecule has 1 heterocycles. The maximum atomic E-state index is 12.2. The summed E-state index contributed by atoms with van der Waals surface area (Å²) < 4.78 is 6.50. The first-order chi connectivity index (χ1) is 9.43. The second-order valence-corrected chi connectivity index (χ2v) is 4.65. The number of nitrogen functional groups attached to an aromatic ring is 1. The van der Waals surface area contributed by atoms with E-state index in [1.54, 1.807) is 39.2 Å². The highest BCUT2D eigenvalue weighted by atomic mass is 16.5. The van der Waals surface area contributed by atoms with Crippen LogP contribution in [0.1, 0.15) is 16.7 Å². The van der Waals surface area contributed by atoms with Crippen molar-refractivity contribution < 1.29 is 4.74 Å². The van der Waals surface area contributed by atoms with Crippen LogP contribution >= 0.6 is 0 Å². The number of H-pyrrole nitrogens is 1. The number of nitrogens with two attached hydrogens (primary N) is 1. The van der Waals surface area contributed by atoms with Gasteiger partial charge in [-0.3, -0.25) is 14.7 Å². The predicted molar refractivity (Wildman–Crippen MR) is 77.3 cm³/mol. The van der Waals surface area contributed by atoms with E-state index in [9.17, 15) is 9.59 Å². The van der Waals surface area contributed by atoms with Gasteiger partial charge in [-0.15, -0.1) is 0 Å². The van der Waals surface area contributed by atoms with E-state index in [0.29, 0.717) is 22.6 Å². The molecular weight excluding hydrogens is 258 g/mol. The fourth-order valence-electron chi connectivity index (χ4n) is 1.99. The smallest absolute Gasteiger partial charge is 0.268 e. The summed E-state index contributed by atoms with van der Waals surface area (Å²) in [5.74, 6) is 0.616. The molecule has 0 aliphatic rings. The van der Waals surface area contributed by atoms with Gasteiger partial charge in [0, 0.05) is 22.4 Å². The summed E-state index contributed by atoms with van der Waals surface area (Å²) in [6.45, 7) is 3.46. The second-order valence-electron chi connectivity index (χ2n) is 4.65. The van der Waals surface area contributed by atoms with Gasteiger partial charge in [0.05, 0.1) is 13.7 Å². The Morgan fingerprint density at radius 3 is 2.60 bits per heavy atom. The minimum absolute atomic E-state index is 0.198. The van der Waals surface area contributed by atoms with Crippen molar-refractivity contribution in [2.24, 2.45) is 0 Å². The first-order valence-electron chi connectivity index (χ1n) is 6.16. The Kier molecular flexibility index (Phi) is 3.65. The van der Waals surface area contributed by atoms with Crippen LogP contribution in [0.25, 0.3) is 0 Å². The average molecular weight is 275 g/mol. The van der Waals surface area contributed by atoms with Crippen molar-refractivity contribution in [2.45, 2.75) is 20.4 Å². The molecule has 3 N–H and O–H groups in total. The van der Waals surface area contributed by atoms with Gasteiger partial charge >= 0.3 is 0 Å². The van der Waals surface area contributed by atoms with Gasteiger partial charge in [-0.1, -0.05) is 0 Å². The zero-order valence-corrected chi connectivity index (χ0v) is 11.7. The van der Waals surface area contributed by atoms with Crippen LogP contribution in [0.2, 0.25) is 0 Å². The van der Waals surface area contributed by atoms with E-state index in [4.69, 9.17) is 10.5 Å². The average Bonchev–Trinajstić information content (AvgIpc) is 2.43. The van der Waals surface area contributed by atoms with E-state index in [1.807, 2.05) is 0 Å². The monoisotopic (exact) mass is 275 g/mol. The predicted octanol–water partition coefficient (Wildman–Crippen LogP) is 0.793. The van der Waals surface area contributed by atoms with Crippen molar-refractivity contribution in [3.05, 3.63) is 55.6 Å². The highest BCUT2D eigenvalue weighted by Crippen LogP contribution is 2.21. The van der Waals surface area contributed by atoms with Crippen LogP contribution in [0, 0.1) is 13.8 Å². The van der Waals surface area contributed by atoms with Crippen LogP contribution in [0.4, 0.5) is 5.69 Å². The number of rotatable bonds is 3. The molecule has 0 unspecified atom stereocenters. The van der Waals surface area contributed by atoms with E-state index in [-0.39, 0.29) is 17.7 Å². The molecular formula is C14H17N3O3. The Hall–Kier alpha value is -2.50. The molecule has 1 aromatic carbocycles. The number of aromatic amines is 1. The zero-order chi connectivity index (χ0) is 14.9. The van der Waals surface area contributed by atoms with Crippen molar-refractivity contribution >= 4 is 5.69 Å². The van der Waals surface area contributed by atoms with Crippen LogP contribution in [-0.2, 0) is 6.54 Å². The van der Waals surface area contributed by atoms with E-state index >= 15 is 0 Å². The Morgan fingerprint density at radius 2 is 1.95 bits per heavy atom. The third-order valence-corrected chi connectivity index (χ3v) is 3.34. The van der Waals surface area contributed by atoms with Crippen molar-refractivity contribution in [3.63, 3.8) is 0 Å². The third kappa shape index (κ3) is 2.45. The number of hydrogen-bond donors (Lipinski definition) is 2. The molecule has 106 valence electrons. The summed E-state index contributed by atoms with van der Waals surface area (Å²) in [4.78, 5) is 23.9. The van der Waals surface area contributed by atoms with Gasteiger partial charge in [0.25, 0.3) is 11.1 Å². The zero-order valence-electron chi connectivity index (χ0n) is 11.7. The molecule has 0 amide bonds. The fraction of sp³-hybridized carbons (Fsp3) is 0.286. The van der Waals surface area contributed by atoms with E-state index in [2.05, 4.69) is 5.10 Å². The number of anilines is 1. The van der Waals surface area contributed by atoms with Gasteiger partial charge in [0.15, 0.2) is 0 Å². The van der Waals surface area contributed by atoms with Crippen molar-refractivity contribution in [1.82, 2.24) is 9.78 Å². The molecule has 20 heavy (non-hydrogen) atoms. The van der Waals surface area contributed by atoms with Gasteiger partial charge in [-0.05, 0) is 32.0 Å². The maximum Gasteiger partial charge on any atom is 0.268 e. The SMILES string of the molecule is COc1ccc(N)cc1Cn1[nH]c(=O)c(C)c(C)c1=O. The highest BCUT2D eigenvalue weighted by Gasteiger charge is 2.10. The molecule has 0 atom stereocenters. The third-order valence-electron chi connectivity index (χ3n) is 3.34. The molecule has 1 aromatic heterocycles. The van der Waals surface area contributed by atoms with Gasteiger partial charge in [-0.2, -0.15) is 0 Å². The first kappa shape index (κ1) is 13.9. The molecule has 0 radical (unpaired) electrons. The number of ether oxygens (including phenoxy) is 1. The lowest BCUT2D eigenvalue weighted by Crippen LogP contribution is -2.33. The summed E-state index contributed by atoms with van der Waals surface area (Å²) in [7, 11) is 1.54. The lowest BCUT2D eigenvalue weighted by molar-refractivity contribution is 0.406. The van der Waals surface area contributed by atoms with Crippen molar-refractivity contribution in [1.29, 1.82) is 0 Å². The number of benzene rings is 1. The Morgan fingerprint density at radius 1 is 1.25 bits per heavy atom. The summed E-state index contributed by atoms with van der Waals surface area (Å²) >= 11 is 0. The number of methoxy groups -OCH3 is 1. The molecule has 0 bridgehead atoms. The van der Waals surface area contributed by atoms with Crippen LogP contribution in [0.5, 0.6) is 5.75 Å². The number of hydrogen-bond acceptors (Lipinski definition) is 4. The normalized spacial score (nSPS) is 10.6. The number of nitrogens with zero attached hydrogens (tertiary/aromatic N) is 1. The van der Waals surface area contributed by atoms with Crippen molar-refractivity contribution in [2.75, 3.05) is 12.8 Å². The number of nitrogens with one attached hydrogen (secondary N) is 1. The van der Waals surface area contributed by atoms with E-state index in [0.717, 1.165) is 5.56 Å². The van der Waals surface area contributed by atoms with Crippen molar-refractivity contribution in [3.8, 4) is 5.75 Å². The molecule has 6 nitrogen and oxygen atoms in total. The van der Waals surface area contributed by atoms with Gasteiger partial charge in [0.1, 0.15) is 5.75 Å². The molecule has 2 aromatic rings. The largest absolute Gasteiger partial charge is 0.496 e. The second kappa shape index (κ2) is 5.24. The lowest BCUT2D eigenvalue weighted by Gasteiger charge is -2.12. The maximum absolute atomic E-state index is 12.2. The Balaban J connectivity index is 2.53. The summed E-state index contributed by atoms with van der Waals surface area (Å²) in [5, 5.41) is 2.56. The molecule has 0 aliphatic carbocycles. The van der Waals surface area contributed by atoms with Gasteiger partial charge in [-0.25, -0.2) is 4.68 Å². The van der Waals surface area contributed by atoms with E-state index < -0.39 is 0 Å². The van der Waals surface area contributed by atoms with Crippen LogP contribution in [0.3, 0.4) is 0 Å². The molecule has 0 saturated carbocycles. The fourth-order valence-corrected chi connectivity index (χ4v) is 1.99. The van der Waals surface area contributed by atoms with Gasteiger partial charge in [0.2, 0.25) is 0 Å². The quantitative estimate of drug-likeness (QED) is 0.810. The molecule has 0 aliphatic heterocycles. The molecule has 0 fully saturated rings. The molecule has 2 rings (SSSR count). The minimum atomic E-state index is -0.273. The standard InChI is InChI=1S/C14H17N3O3/c1-8-9(2)14(19)17(16-13(8)18)7-10-6-11(15)4-5-12(10)20-3/h4-6H,7,15H2,1-3H3,(H,16,18). The number of aromatic nitrogens is 2. The Bertz CT molecular complexity index is 759. The highest BCUT2D eigenvalue weighted by molar-refractivity contribution is 5.47. The van der Waals surface area contributed by atoms with E-state index in [1.165, 1.54) is 4.68 Å². The lowest BCUT2D eigenvalue weighted by atomic mass is 10.1. The first-order valence-corrected chi connectivity index (χ1v) is 6.16. The van der Waals surface area contributed by atoms with Crippen LogP contribution in [-0.4, -0.2) is 16.9 Å². The molecule has 6 heteroatoms. The summed E-state index contributed by atoms with van der Waals surface area (Å²) in [6, 6.07) is 5.17. The van der Waals surface area contributed by atoms with Crippen LogP contribution in [0.15, 0.2) is 27.8 Å². The Labute approximate surface area is 115 Å².